The zero-order valence-electron chi connectivity index (χ0n) is 6.60. The molecule has 0 N–H and O–H groups in total. The molecule has 0 aliphatic heterocycles. The molecule has 0 saturated heterocycles. The van der Waals surface area contributed by atoms with E-state index >= 15 is 0 Å². The topological polar surface area (TPSA) is 18.5 Å². The molecule has 0 aliphatic carbocycles. The van der Waals surface area contributed by atoms with E-state index in [1.807, 2.05) is 13.8 Å². The Balaban J connectivity index is 3.21. The third-order valence-electron chi connectivity index (χ3n) is 1.08. The van der Waals surface area contributed by atoms with Gasteiger partial charge in [0.05, 0.1) is 12.7 Å². The maximum absolute atomic E-state index is 5.32. The molecule has 0 aromatic heterocycles. The lowest BCUT2D eigenvalue weighted by molar-refractivity contribution is 0.00537. The molecule has 10 heavy (non-hydrogen) atoms. The highest BCUT2D eigenvalue weighted by Gasteiger charge is 2.04. The van der Waals surface area contributed by atoms with E-state index in [9.17, 15) is 0 Å². The normalized spacial score (nSPS) is 13.5. The number of hydrogen-bond donors (Lipinski definition) is 0. The van der Waals surface area contributed by atoms with Gasteiger partial charge in [-0.15, -0.1) is 0 Å². The Morgan fingerprint density at radius 1 is 1.30 bits per heavy atom. The highest BCUT2D eigenvalue weighted by atomic mass is 79.9. The van der Waals surface area contributed by atoms with Crippen molar-refractivity contribution in [2.75, 3.05) is 25.2 Å². The van der Waals surface area contributed by atoms with E-state index in [0.717, 1.165) is 18.5 Å². The fourth-order valence-electron chi connectivity index (χ4n) is 0.622. The fourth-order valence-corrected chi connectivity index (χ4v) is 0.996. The number of hydrogen-bond acceptors (Lipinski definition) is 2. The van der Waals surface area contributed by atoms with Gasteiger partial charge in [0.1, 0.15) is 0 Å². The molecule has 62 valence electrons. The van der Waals surface area contributed by atoms with Gasteiger partial charge >= 0.3 is 0 Å². The maximum Gasteiger partial charge on any atom is 0.0904 e. The molecule has 0 heterocycles. The van der Waals surface area contributed by atoms with Crippen LogP contribution < -0.4 is 0 Å². The molecule has 0 aliphatic rings. The van der Waals surface area contributed by atoms with Gasteiger partial charge in [0, 0.05) is 18.5 Å². The average Bonchev–Trinajstić information content (AvgIpc) is 1.98. The van der Waals surface area contributed by atoms with Gasteiger partial charge in [-0.3, -0.25) is 0 Å². The molecular formula is C7H15BrO2. The van der Waals surface area contributed by atoms with Crippen LogP contribution in [-0.4, -0.2) is 31.3 Å². The van der Waals surface area contributed by atoms with Crippen molar-refractivity contribution in [1.82, 2.24) is 0 Å². The van der Waals surface area contributed by atoms with Gasteiger partial charge in [0.25, 0.3) is 0 Å². The lowest BCUT2D eigenvalue weighted by Crippen LogP contribution is -2.21. The van der Waals surface area contributed by atoms with Crippen molar-refractivity contribution in [1.29, 1.82) is 0 Å². The summed E-state index contributed by atoms with van der Waals surface area (Å²) in [5.74, 6) is 0. The predicted molar refractivity (Wildman–Crippen MR) is 45.7 cm³/mol. The summed E-state index contributed by atoms with van der Waals surface area (Å²) in [5.41, 5.74) is 0. The van der Waals surface area contributed by atoms with Crippen LogP contribution in [-0.2, 0) is 9.47 Å². The van der Waals surface area contributed by atoms with Gasteiger partial charge in [-0.2, -0.15) is 0 Å². The van der Waals surface area contributed by atoms with Crippen LogP contribution in [0.4, 0.5) is 0 Å². The second-order valence-corrected chi connectivity index (χ2v) is 2.54. The first-order chi connectivity index (χ1) is 4.85. The quantitative estimate of drug-likeness (QED) is 0.624. The summed E-state index contributed by atoms with van der Waals surface area (Å²) in [6.45, 7) is 6.17. The molecule has 0 saturated carbocycles. The average molecular weight is 211 g/mol. The number of alkyl halides is 1. The molecule has 0 aromatic carbocycles. The second kappa shape index (κ2) is 7.51. The summed E-state index contributed by atoms with van der Waals surface area (Å²) in [6.07, 6.45) is 0.213. The third-order valence-corrected chi connectivity index (χ3v) is 1.80. The summed E-state index contributed by atoms with van der Waals surface area (Å²) in [5, 5.41) is 0.848. The van der Waals surface area contributed by atoms with Crippen LogP contribution in [0.25, 0.3) is 0 Å². The van der Waals surface area contributed by atoms with Crippen LogP contribution in [0.2, 0.25) is 0 Å². The first kappa shape index (κ1) is 10.4. The third kappa shape index (κ3) is 5.21. The maximum atomic E-state index is 5.32. The second-order valence-electron chi connectivity index (χ2n) is 1.89. The van der Waals surface area contributed by atoms with Crippen LogP contribution >= 0.6 is 15.9 Å². The zero-order valence-corrected chi connectivity index (χ0v) is 8.19. The largest absolute Gasteiger partial charge is 0.379 e. The van der Waals surface area contributed by atoms with Gasteiger partial charge < -0.3 is 9.47 Å². The smallest absolute Gasteiger partial charge is 0.0904 e. The molecule has 3 heteroatoms. The Bertz CT molecular complexity index is 68.6. The molecule has 1 atom stereocenters. The number of halogens is 1. The molecule has 2 nitrogen and oxygen atoms in total. The minimum atomic E-state index is 0.213. The summed E-state index contributed by atoms with van der Waals surface area (Å²) < 4.78 is 10.5. The van der Waals surface area contributed by atoms with Crippen molar-refractivity contribution < 1.29 is 9.47 Å². The van der Waals surface area contributed by atoms with Gasteiger partial charge in [-0.25, -0.2) is 0 Å². The standard InChI is InChI=1S/C7H15BrO2/c1-3-9-6-7(5-8)10-4-2/h7H,3-6H2,1-2H3. The Hall–Kier alpha value is 0.400. The minimum absolute atomic E-state index is 0.213. The molecule has 0 fully saturated rings. The minimum Gasteiger partial charge on any atom is -0.379 e. The Morgan fingerprint density at radius 3 is 2.40 bits per heavy atom. The predicted octanol–water partition coefficient (Wildman–Crippen LogP) is 1.82. The number of rotatable bonds is 6. The Labute approximate surface area is 71.0 Å². The summed E-state index contributed by atoms with van der Waals surface area (Å²) in [4.78, 5) is 0. The van der Waals surface area contributed by atoms with Gasteiger partial charge in [-0.1, -0.05) is 15.9 Å². The van der Waals surface area contributed by atoms with Crippen LogP contribution in [0.3, 0.4) is 0 Å². The summed E-state index contributed by atoms with van der Waals surface area (Å²) in [6, 6.07) is 0. The number of ether oxygens (including phenoxy) is 2. The molecule has 0 radical (unpaired) electrons. The van der Waals surface area contributed by atoms with Crippen LogP contribution in [0, 0.1) is 0 Å². The molecule has 0 bridgehead atoms. The zero-order chi connectivity index (χ0) is 7.82. The van der Waals surface area contributed by atoms with Crippen molar-refractivity contribution in [2.45, 2.75) is 20.0 Å². The summed E-state index contributed by atoms with van der Waals surface area (Å²) >= 11 is 3.34. The van der Waals surface area contributed by atoms with Crippen molar-refractivity contribution in [2.24, 2.45) is 0 Å². The van der Waals surface area contributed by atoms with Crippen molar-refractivity contribution >= 4 is 15.9 Å². The van der Waals surface area contributed by atoms with E-state index in [1.165, 1.54) is 0 Å². The monoisotopic (exact) mass is 210 g/mol. The Kier molecular flexibility index (Phi) is 7.81. The molecule has 0 spiro atoms. The molecule has 0 rings (SSSR count). The van der Waals surface area contributed by atoms with Crippen molar-refractivity contribution in [3.8, 4) is 0 Å². The van der Waals surface area contributed by atoms with E-state index in [4.69, 9.17) is 9.47 Å². The fraction of sp³-hybridized carbons (Fsp3) is 1.00. The first-order valence-electron chi connectivity index (χ1n) is 3.60. The van der Waals surface area contributed by atoms with Crippen LogP contribution in [0.1, 0.15) is 13.8 Å². The van der Waals surface area contributed by atoms with Crippen molar-refractivity contribution in [3.05, 3.63) is 0 Å². The van der Waals surface area contributed by atoms with Gasteiger partial charge in [-0.05, 0) is 13.8 Å². The van der Waals surface area contributed by atoms with Crippen LogP contribution in [0.15, 0.2) is 0 Å². The van der Waals surface area contributed by atoms with Gasteiger partial charge in [0.15, 0.2) is 0 Å². The van der Waals surface area contributed by atoms with Gasteiger partial charge in [0.2, 0.25) is 0 Å². The first-order valence-corrected chi connectivity index (χ1v) is 4.72. The SMILES string of the molecule is CCOCC(CBr)OCC. The lowest BCUT2D eigenvalue weighted by Gasteiger charge is -2.12. The highest BCUT2D eigenvalue weighted by Crippen LogP contribution is 1.97. The van der Waals surface area contributed by atoms with E-state index in [1.54, 1.807) is 0 Å². The lowest BCUT2D eigenvalue weighted by atomic mass is 10.4. The van der Waals surface area contributed by atoms with Crippen LogP contribution in [0.5, 0.6) is 0 Å². The highest BCUT2D eigenvalue weighted by molar-refractivity contribution is 9.09. The van der Waals surface area contributed by atoms with E-state index in [2.05, 4.69) is 15.9 Å². The molecule has 1 unspecified atom stereocenters. The van der Waals surface area contributed by atoms with E-state index in [-0.39, 0.29) is 6.10 Å². The molecule has 0 aromatic rings. The summed E-state index contributed by atoms with van der Waals surface area (Å²) in [7, 11) is 0. The molecule has 0 amide bonds. The van der Waals surface area contributed by atoms with E-state index < -0.39 is 0 Å². The molecular weight excluding hydrogens is 196 g/mol. The Morgan fingerprint density at radius 2 is 2.00 bits per heavy atom. The van der Waals surface area contributed by atoms with E-state index in [0.29, 0.717) is 6.61 Å². The van der Waals surface area contributed by atoms with Crippen molar-refractivity contribution in [3.63, 3.8) is 0 Å².